The Kier molecular flexibility index (Phi) is 3.60. The number of nitrogens with zero attached hydrogens (tertiary/aromatic N) is 3. The Labute approximate surface area is 155 Å². The van der Waals surface area contributed by atoms with Gasteiger partial charge in [0, 0.05) is 22.6 Å². The maximum atomic E-state index is 12.8. The second-order valence-corrected chi connectivity index (χ2v) is 7.83. The number of hydrogen-bond donors (Lipinski definition) is 1. The van der Waals surface area contributed by atoms with E-state index in [1.807, 2.05) is 65.0 Å². The molecule has 1 saturated heterocycles. The fourth-order valence-corrected chi connectivity index (χ4v) is 4.94. The van der Waals surface area contributed by atoms with Crippen LogP contribution < -0.4 is 10.9 Å². The third-order valence-corrected chi connectivity index (χ3v) is 6.28. The molecule has 1 aromatic heterocycles. The Morgan fingerprint density at radius 1 is 1.08 bits per heavy atom. The number of fused-ring (bicyclic) bond motifs is 4. The van der Waals surface area contributed by atoms with Crippen LogP contribution in [0.1, 0.15) is 12.8 Å². The molecule has 1 fully saturated rings. The second kappa shape index (κ2) is 5.99. The first-order chi connectivity index (χ1) is 12.8. The van der Waals surface area contributed by atoms with Crippen LogP contribution in [-0.4, -0.2) is 26.3 Å². The van der Waals surface area contributed by atoms with Gasteiger partial charge in [0.15, 0.2) is 11.5 Å². The monoisotopic (exact) mass is 362 g/mol. The number of thioether (sulfide) groups is 1. The van der Waals surface area contributed by atoms with Gasteiger partial charge in [-0.3, -0.25) is 4.79 Å². The van der Waals surface area contributed by atoms with Crippen molar-refractivity contribution in [2.24, 2.45) is 0 Å². The molecule has 0 bridgehead atoms. The Morgan fingerprint density at radius 3 is 2.69 bits per heavy atom. The number of benzene rings is 2. The average Bonchev–Trinajstić information content (AvgIpc) is 2.69. The van der Waals surface area contributed by atoms with Crippen molar-refractivity contribution in [1.82, 2.24) is 14.8 Å². The summed E-state index contributed by atoms with van der Waals surface area (Å²) in [5.74, 6) is 2.71. The van der Waals surface area contributed by atoms with Gasteiger partial charge in [0.2, 0.25) is 0 Å². The molecule has 3 aromatic rings. The van der Waals surface area contributed by atoms with Gasteiger partial charge in [-0.15, -0.1) is 0 Å². The lowest BCUT2D eigenvalue weighted by Crippen LogP contribution is -2.51. The van der Waals surface area contributed by atoms with Crippen LogP contribution in [0.4, 0.5) is 5.69 Å². The third kappa shape index (κ3) is 2.36. The summed E-state index contributed by atoms with van der Waals surface area (Å²) in [5, 5.41) is 8.53. The largest absolute Gasteiger partial charge is 0.360 e. The Morgan fingerprint density at radius 2 is 1.88 bits per heavy atom. The first-order valence-electron chi connectivity index (χ1n) is 8.79. The van der Waals surface area contributed by atoms with E-state index >= 15 is 0 Å². The van der Waals surface area contributed by atoms with Gasteiger partial charge in [-0.05, 0) is 30.7 Å². The van der Waals surface area contributed by atoms with Crippen LogP contribution in [0.15, 0.2) is 59.4 Å². The predicted octanol–water partition coefficient (Wildman–Crippen LogP) is 3.58. The van der Waals surface area contributed by atoms with Gasteiger partial charge in [-0.25, -0.2) is 4.68 Å². The van der Waals surface area contributed by atoms with E-state index < -0.39 is 0 Å². The van der Waals surface area contributed by atoms with Gasteiger partial charge >= 0.3 is 0 Å². The molecule has 2 aliphatic rings. The van der Waals surface area contributed by atoms with E-state index in [9.17, 15) is 4.79 Å². The van der Waals surface area contributed by atoms with Gasteiger partial charge in [0.1, 0.15) is 5.66 Å². The molecular formula is C20H18N4OS. The molecule has 1 N–H and O–H groups in total. The van der Waals surface area contributed by atoms with Crippen molar-refractivity contribution in [3.8, 4) is 22.6 Å². The first kappa shape index (κ1) is 15.6. The normalized spacial score (nSPS) is 20.9. The highest BCUT2D eigenvalue weighted by Gasteiger charge is 2.41. The Hall–Kier alpha value is -2.60. The molecule has 2 aliphatic heterocycles. The molecule has 1 atom stereocenters. The summed E-state index contributed by atoms with van der Waals surface area (Å²) in [6.07, 6.45) is 2.07. The zero-order chi connectivity index (χ0) is 17.6. The van der Waals surface area contributed by atoms with Gasteiger partial charge in [0.25, 0.3) is 5.56 Å². The molecule has 130 valence electrons. The third-order valence-electron chi connectivity index (χ3n) is 5.02. The fraction of sp³-hybridized carbons (Fsp3) is 0.250. The molecule has 5 nitrogen and oxygen atoms in total. The molecule has 1 spiro atoms. The predicted molar refractivity (Wildman–Crippen MR) is 105 cm³/mol. The van der Waals surface area contributed by atoms with Crippen LogP contribution >= 0.6 is 11.8 Å². The van der Waals surface area contributed by atoms with Crippen LogP contribution in [0.25, 0.3) is 22.6 Å². The molecule has 0 radical (unpaired) electrons. The minimum atomic E-state index is -0.336. The van der Waals surface area contributed by atoms with Crippen molar-refractivity contribution in [3.05, 3.63) is 65.0 Å². The summed E-state index contributed by atoms with van der Waals surface area (Å²) >= 11 is 1.92. The number of anilines is 1. The van der Waals surface area contributed by atoms with Crippen LogP contribution in [0.2, 0.25) is 0 Å². The Bertz CT molecular complexity index is 1030. The molecule has 2 aromatic carbocycles. The summed E-state index contributed by atoms with van der Waals surface area (Å²) < 4.78 is 1.96. The molecule has 0 saturated carbocycles. The van der Waals surface area contributed by atoms with Gasteiger partial charge in [0.05, 0.1) is 0 Å². The van der Waals surface area contributed by atoms with E-state index in [-0.39, 0.29) is 11.2 Å². The van der Waals surface area contributed by atoms with E-state index in [4.69, 9.17) is 5.10 Å². The molecule has 5 rings (SSSR count). The molecular weight excluding hydrogens is 344 g/mol. The molecule has 0 unspecified atom stereocenters. The van der Waals surface area contributed by atoms with Crippen molar-refractivity contribution in [2.75, 3.05) is 16.8 Å². The lowest BCUT2D eigenvalue weighted by Gasteiger charge is -2.43. The SMILES string of the molecule is O=c1nc2n(nc1-c1ccccc1)[C@@]1(CCCSC1)Nc1ccccc1-2. The van der Waals surface area contributed by atoms with Crippen molar-refractivity contribution >= 4 is 17.4 Å². The maximum Gasteiger partial charge on any atom is 0.300 e. The molecule has 3 heterocycles. The lowest BCUT2D eigenvalue weighted by molar-refractivity contribution is 0.299. The number of hydrogen-bond acceptors (Lipinski definition) is 5. The van der Waals surface area contributed by atoms with E-state index in [0.29, 0.717) is 11.5 Å². The summed E-state index contributed by atoms with van der Waals surface area (Å²) in [6.45, 7) is 0. The summed E-state index contributed by atoms with van der Waals surface area (Å²) in [5.41, 5.74) is 2.55. The van der Waals surface area contributed by atoms with Crippen molar-refractivity contribution in [2.45, 2.75) is 18.5 Å². The maximum absolute atomic E-state index is 12.8. The van der Waals surface area contributed by atoms with E-state index in [2.05, 4.69) is 16.4 Å². The van der Waals surface area contributed by atoms with Crippen molar-refractivity contribution in [1.29, 1.82) is 0 Å². The standard InChI is InChI=1S/C20H18N4OS/c25-19-17(14-7-2-1-3-8-14)23-24-18(21-19)15-9-4-5-10-16(15)22-20(24)11-6-12-26-13-20/h1-5,7-10,22H,6,11-13H2/t20-/m1/s1. The molecule has 26 heavy (non-hydrogen) atoms. The van der Waals surface area contributed by atoms with Gasteiger partial charge in [-0.2, -0.15) is 21.8 Å². The van der Waals surface area contributed by atoms with Crippen LogP contribution in [0.3, 0.4) is 0 Å². The average molecular weight is 362 g/mol. The van der Waals surface area contributed by atoms with Gasteiger partial charge < -0.3 is 5.32 Å². The highest BCUT2D eigenvalue weighted by molar-refractivity contribution is 7.99. The first-order valence-corrected chi connectivity index (χ1v) is 9.95. The summed E-state index contributed by atoms with van der Waals surface area (Å²) in [6, 6.07) is 17.6. The zero-order valence-electron chi connectivity index (χ0n) is 14.2. The highest BCUT2D eigenvalue weighted by Crippen LogP contribution is 2.42. The van der Waals surface area contributed by atoms with E-state index in [1.165, 1.54) is 0 Å². The van der Waals surface area contributed by atoms with E-state index in [0.717, 1.165) is 41.2 Å². The smallest absolute Gasteiger partial charge is 0.300 e. The summed E-state index contributed by atoms with van der Waals surface area (Å²) in [4.78, 5) is 17.2. The van der Waals surface area contributed by atoms with Gasteiger partial charge in [-0.1, -0.05) is 42.5 Å². The number of para-hydroxylation sites is 1. The zero-order valence-corrected chi connectivity index (χ0v) is 15.0. The topological polar surface area (TPSA) is 59.8 Å². The van der Waals surface area contributed by atoms with Crippen molar-refractivity contribution < 1.29 is 0 Å². The highest BCUT2D eigenvalue weighted by atomic mass is 32.2. The lowest BCUT2D eigenvalue weighted by atomic mass is 9.99. The number of nitrogens with one attached hydrogen (secondary N) is 1. The fourth-order valence-electron chi connectivity index (χ4n) is 3.77. The number of aromatic nitrogens is 3. The van der Waals surface area contributed by atoms with E-state index in [1.54, 1.807) is 0 Å². The molecule has 6 heteroatoms. The minimum absolute atomic E-state index is 0.280. The molecule has 0 amide bonds. The van der Waals surface area contributed by atoms with Crippen molar-refractivity contribution in [3.63, 3.8) is 0 Å². The number of rotatable bonds is 1. The van der Waals surface area contributed by atoms with Crippen LogP contribution in [0.5, 0.6) is 0 Å². The quantitative estimate of drug-likeness (QED) is 0.717. The second-order valence-electron chi connectivity index (χ2n) is 6.73. The summed E-state index contributed by atoms with van der Waals surface area (Å²) in [7, 11) is 0. The van der Waals surface area contributed by atoms with Crippen LogP contribution in [0, 0.1) is 0 Å². The van der Waals surface area contributed by atoms with Crippen LogP contribution in [-0.2, 0) is 5.66 Å². The Balaban J connectivity index is 1.78. The minimum Gasteiger partial charge on any atom is -0.360 e. The molecule has 0 aliphatic carbocycles.